The molecule has 0 saturated heterocycles. The molecule has 1 N–H and O–H groups in total. The van der Waals surface area contributed by atoms with E-state index in [-0.39, 0.29) is 18.9 Å². The molecule has 1 aromatic carbocycles. The molecule has 0 atom stereocenters. The van der Waals surface area contributed by atoms with Gasteiger partial charge in [-0.05, 0) is 40.6 Å². The Morgan fingerprint density at radius 1 is 1.13 bits per heavy atom. The van der Waals surface area contributed by atoms with Gasteiger partial charge in [-0.1, -0.05) is 19.6 Å². The van der Waals surface area contributed by atoms with E-state index in [4.69, 9.17) is 14.2 Å². The van der Waals surface area contributed by atoms with Crippen LogP contribution in [0.2, 0.25) is 25.7 Å². The number of hydrogen-bond donors (Lipinski definition) is 1. The van der Waals surface area contributed by atoms with E-state index >= 15 is 0 Å². The van der Waals surface area contributed by atoms with Crippen LogP contribution in [0.3, 0.4) is 0 Å². The minimum atomic E-state index is -1.19. The molecule has 0 fully saturated rings. The van der Waals surface area contributed by atoms with E-state index in [1.165, 1.54) is 7.11 Å². The maximum atomic E-state index is 12.5. The molecule has 1 aromatic heterocycles. The molecule has 0 aliphatic carbocycles. The third-order valence-electron chi connectivity index (χ3n) is 4.10. The van der Waals surface area contributed by atoms with Gasteiger partial charge < -0.3 is 24.3 Å². The Morgan fingerprint density at radius 2 is 1.93 bits per heavy atom. The van der Waals surface area contributed by atoms with Gasteiger partial charge in [0.25, 0.3) is 5.91 Å². The lowest BCUT2D eigenvalue weighted by Crippen LogP contribution is -2.30. The maximum Gasteiger partial charge on any atom is 0.325 e. The quantitative estimate of drug-likeness (QED) is 0.228. The summed E-state index contributed by atoms with van der Waals surface area (Å²) in [6, 6.07) is 7.96. The molecule has 0 unspecified atom stereocenters. The van der Waals surface area contributed by atoms with Crippen molar-refractivity contribution in [3.05, 3.63) is 46.2 Å². The molecule has 1 amide bonds. The van der Waals surface area contributed by atoms with Crippen molar-refractivity contribution >= 4 is 31.3 Å². The Morgan fingerprint density at radius 3 is 2.60 bits per heavy atom. The summed E-state index contributed by atoms with van der Waals surface area (Å²) in [6.45, 7) is 7.64. The molecule has 0 radical (unpaired) electrons. The molecular weight excluding hydrogens is 422 g/mol. The van der Waals surface area contributed by atoms with Crippen LogP contribution in [-0.4, -0.2) is 47.0 Å². The highest BCUT2D eigenvalue weighted by Crippen LogP contribution is 2.26. The molecule has 0 spiro atoms. The second kappa shape index (κ2) is 11.7. The third kappa shape index (κ3) is 8.56. The first-order chi connectivity index (χ1) is 14.3. The Balaban J connectivity index is 2.03. The Kier molecular flexibility index (Phi) is 9.35. The standard InChI is InChI=1S/C21H29NO6SSi/c1-25-20(23)12-22-21(24)18-6-5-17(27-13-16-7-9-29-14-16)11-19(18)28-15-26-8-10-30(2,3)4/h5-7,9,11,14H,8,10,12-13,15H2,1-4H3,(H,22,24). The second-order valence-electron chi connectivity index (χ2n) is 7.82. The smallest absolute Gasteiger partial charge is 0.325 e. The van der Waals surface area contributed by atoms with Gasteiger partial charge in [0.15, 0.2) is 6.79 Å². The average Bonchev–Trinajstić information content (AvgIpc) is 3.23. The summed E-state index contributed by atoms with van der Waals surface area (Å²) in [4.78, 5) is 23.8. The fraction of sp³-hybridized carbons (Fsp3) is 0.429. The predicted octanol–water partition coefficient (Wildman–Crippen LogP) is 3.92. The van der Waals surface area contributed by atoms with Gasteiger partial charge in [-0.25, -0.2) is 0 Å². The number of thiophene rings is 1. The van der Waals surface area contributed by atoms with Gasteiger partial charge in [-0.15, -0.1) is 0 Å². The highest BCUT2D eigenvalue weighted by molar-refractivity contribution is 7.07. The summed E-state index contributed by atoms with van der Waals surface area (Å²) in [5.41, 5.74) is 1.35. The van der Waals surface area contributed by atoms with Crippen LogP contribution in [0, 0.1) is 0 Å². The van der Waals surface area contributed by atoms with Crippen LogP contribution in [-0.2, 0) is 20.9 Å². The number of rotatable bonds is 12. The van der Waals surface area contributed by atoms with Crippen molar-refractivity contribution in [2.75, 3.05) is 27.1 Å². The van der Waals surface area contributed by atoms with Crippen molar-refractivity contribution in [2.24, 2.45) is 0 Å². The predicted molar refractivity (Wildman–Crippen MR) is 119 cm³/mol. The van der Waals surface area contributed by atoms with E-state index in [0.717, 1.165) is 11.6 Å². The van der Waals surface area contributed by atoms with Crippen LogP contribution in [0.25, 0.3) is 0 Å². The average molecular weight is 452 g/mol. The first-order valence-corrected chi connectivity index (χ1v) is 14.3. The zero-order valence-electron chi connectivity index (χ0n) is 17.9. The molecule has 0 aliphatic heterocycles. The number of carbonyl (C=O) groups is 2. The fourth-order valence-electron chi connectivity index (χ4n) is 2.30. The number of methoxy groups -OCH3 is 1. The molecule has 30 heavy (non-hydrogen) atoms. The first-order valence-electron chi connectivity index (χ1n) is 9.62. The molecule has 0 saturated carbocycles. The summed E-state index contributed by atoms with van der Waals surface area (Å²) in [6.07, 6.45) is 0. The van der Waals surface area contributed by atoms with Crippen LogP contribution in [0.4, 0.5) is 0 Å². The second-order valence-corrected chi connectivity index (χ2v) is 14.2. The maximum absolute atomic E-state index is 12.5. The summed E-state index contributed by atoms with van der Waals surface area (Å²) >= 11 is 1.60. The van der Waals surface area contributed by atoms with Crippen molar-refractivity contribution in [3.63, 3.8) is 0 Å². The van der Waals surface area contributed by atoms with Gasteiger partial charge in [0.05, 0.1) is 12.7 Å². The molecule has 9 heteroatoms. The first kappa shape index (κ1) is 23.9. The number of ether oxygens (including phenoxy) is 4. The fourth-order valence-corrected chi connectivity index (χ4v) is 3.71. The highest BCUT2D eigenvalue weighted by atomic mass is 32.1. The molecule has 2 aromatic rings. The number of benzene rings is 1. The van der Waals surface area contributed by atoms with Crippen molar-refractivity contribution in [2.45, 2.75) is 32.3 Å². The summed E-state index contributed by atoms with van der Waals surface area (Å²) in [7, 11) is 0.0701. The Hall–Kier alpha value is -2.36. The van der Waals surface area contributed by atoms with Gasteiger partial charge >= 0.3 is 5.97 Å². The third-order valence-corrected chi connectivity index (χ3v) is 6.53. The van der Waals surface area contributed by atoms with Crippen LogP contribution < -0.4 is 14.8 Å². The van der Waals surface area contributed by atoms with Crippen LogP contribution in [0.5, 0.6) is 11.5 Å². The molecule has 7 nitrogen and oxygen atoms in total. The largest absolute Gasteiger partial charge is 0.489 e. The molecule has 2 rings (SSSR count). The van der Waals surface area contributed by atoms with E-state index < -0.39 is 20.0 Å². The van der Waals surface area contributed by atoms with Gasteiger partial charge in [-0.3, -0.25) is 9.59 Å². The summed E-state index contributed by atoms with van der Waals surface area (Å²) in [5, 5.41) is 6.52. The van der Waals surface area contributed by atoms with E-state index in [0.29, 0.717) is 24.7 Å². The molecule has 0 bridgehead atoms. The number of amides is 1. The minimum Gasteiger partial charge on any atom is -0.489 e. The normalized spacial score (nSPS) is 11.1. The lowest BCUT2D eigenvalue weighted by atomic mass is 10.1. The zero-order chi connectivity index (χ0) is 22.0. The SMILES string of the molecule is COC(=O)CNC(=O)c1ccc(OCc2ccsc2)cc1OCOCC[Si](C)(C)C. The van der Waals surface area contributed by atoms with Crippen LogP contribution in [0.1, 0.15) is 15.9 Å². The van der Waals surface area contributed by atoms with Crippen molar-refractivity contribution < 1.29 is 28.5 Å². The minimum absolute atomic E-state index is 0.0236. The van der Waals surface area contributed by atoms with E-state index in [1.54, 1.807) is 29.5 Å². The Bertz CT molecular complexity index is 819. The van der Waals surface area contributed by atoms with Gasteiger partial charge in [0.1, 0.15) is 24.7 Å². The Labute approximate surface area is 182 Å². The zero-order valence-corrected chi connectivity index (χ0v) is 19.7. The number of carbonyl (C=O) groups excluding carboxylic acids is 2. The van der Waals surface area contributed by atoms with Gasteiger partial charge in [-0.2, -0.15) is 11.3 Å². The molecule has 0 aliphatic rings. The van der Waals surface area contributed by atoms with Crippen molar-refractivity contribution in [3.8, 4) is 11.5 Å². The van der Waals surface area contributed by atoms with Gasteiger partial charge in [0, 0.05) is 20.7 Å². The van der Waals surface area contributed by atoms with Crippen molar-refractivity contribution in [1.82, 2.24) is 5.32 Å². The van der Waals surface area contributed by atoms with Crippen molar-refractivity contribution in [1.29, 1.82) is 0 Å². The van der Waals surface area contributed by atoms with Gasteiger partial charge in [0.2, 0.25) is 0 Å². The lowest BCUT2D eigenvalue weighted by molar-refractivity contribution is -0.139. The summed E-state index contributed by atoms with van der Waals surface area (Å²) < 4.78 is 21.7. The van der Waals surface area contributed by atoms with E-state index in [1.807, 2.05) is 16.8 Å². The molecule has 1 heterocycles. The number of hydrogen-bond acceptors (Lipinski definition) is 7. The lowest BCUT2D eigenvalue weighted by Gasteiger charge is -2.17. The molecule has 164 valence electrons. The number of esters is 1. The number of nitrogens with one attached hydrogen (secondary N) is 1. The molecular formula is C21H29NO6SSi. The van der Waals surface area contributed by atoms with E-state index in [2.05, 4.69) is 29.7 Å². The van der Waals surface area contributed by atoms with Crippen LogP contribution >= 0.6 is 11.3 Å². The monoisotopic (exact) mass is 451 g/mol. The topological polar surface area (TPSA) is 83.1 Å². The van der Waals surface area contributed by atoms with E-state index in [9.17, 15) is 9.59 Å². The highest BCUT2D eigenvalue weighted by Gasteiger charge is 2.16. The summed E-state index contributed by atoms with van der Waals surface area (Å²) in [5.74, 6) is -0.0749. The van der Waals surface area contributed by atoms with Crippen LogP contribution in [0.15, 0.2) is 35.0 Å².